The zero-order valence-corrected chi connectivity index (χ0v) is 35.8. The van der Waals surface area contributed by atoms with Crippen molar-refractivity contribution in [2.24, 2.45) is 0 Å². The van der Waals surface area contributed by atoms with Crippen LogP contribution in [-0.2, 0) is 92.9 Å². The first kappa shape index (κ1) is 47.2. The molecule has 2 heterocycles. The van der Waals surface area contributed by atoms with Crippen LogP contribution in [0.3, 0.4) is 0 Å². The van der Waals surface area contributed by atoms with Crippen molar-refractivity contribution in [3.63, 3.8) is 0 Å². The van der Waals surface area contributed by atoms with E-state index in [1.165, 1.54) is 26.8 Å². The number of rotatable bonds is 22. The number of carbonyl (C=O) groups is 3. The van der Waals surface area contributed by atoms with Crippen molar-refractivity contribution < 1.29 is 66.5 Å². The van der Waals surface area contributed by atoms with Gasteiger partial charge in [-0.3, -0.25) is 14.4 Å². The molecule has 4 aromatic carbocycles. The predicted molar refractivity (Wildman–Crippen MR) is 227 cm³/mol. The first-order valence-corrected chi connectivity index (χ1v) is 20.9. The predicted octanol–water partition coefficient (Wildman–Crippen LogP) is 6.42. The van der Waals surface area contributed by atoms with Gasteiger partial charge in [-0.1, -0.05) is 127 Å². The van der Waals surface area contributed by atoms with Crippen molar-refractivity contribution in [3.05, 3.63) is 156 Å². The Morgan fingerprint density at radius 1 is 0.460 bits per heavy atom. The monoisotopic (exact) mass is 868 g/mol. The summed E-state index contributed by atoms with van der Waals surface area (Å²) in [6.45, 7) is 7.93. The Morgan fingerprint density at radius 3 is 1.33 bits per heavy atom. The summed E-state index contributed by atoms with van der Waals surface area (Å²) in [7, 11) is 0. The minimum absolute atomic E-state index is 0.0162. The third-order valence-electron chi connectivity index (χ3n) is 10.1. The molecule has 0 bridgehead atoms. The summed E-state index contributed by atoms with van der Waals surface area (Å²) in [4.78, 5) is 37.5. The van der Waals surface area contributed by atoms with E-state index in [0.717, 1.165) is 22.3 Å². The summed E-state index contributed by atoms with van der Waals surface area (Å²) in [5.41, 5.74) is 3.72. The van der Waals surface area contributed by atoms with Gasteiger partial charge in [-0.2, -0.15) is 0 Å². The molecule has 0 aromatic heterocycles. The molecule has 0 saturated carbocycles. The molecule has 0 radical (unpaired) electrons. The fourth-order valence-corrected chi connectivity index (χ4v) is 7.36. The van der Waals surface area contributed by atoms with E-state index in [2.05, 4.69) is 6.58 Å². The van der Waals surface area contributed by atoms with Gasteiger partial charge in [-0.05, 0) is 22.3 Å². The molecule has 0 aliphatic carbocycles. The standard InChI is InChI=1S/C49H56O14/c1-5-26-54-49-47(61-35(4)52)45(60-34(3)51)43(59-33(2)50)41(63-49)32-58-48-46(57-30-39-24-16-9-17-25-39)44(56-29-38-22-14-8-15-23-38)42(55-28-37-20-12-7-13-21-37)40(62-48)31-53-27-36-18-10-6-11-19-36/h5-25,40-49H,1,26-32H2,2-4H3/t40-,41-,42+,43+,44+,45+,46-,47-,48?,49-/m1/s1. The molecule has 10 atom stereocenters. The lowest BCUT2D eigenvalue weighted by atomic mass is 9.97. The van der Waals surface area contributed by atoms with Gasteiger partial charge in [0.05, 0.1) is 46.2 Å². The highest BCUT2D eigenvalue weighted by Gasteiger charge is 2.54. The van der Waals surface area contributed by atoms with Gasteiger partial charge in [0.1, 0.15) is 30.5 Å². The highest BCUT2D eigenvalue weighted by Crippen LogP contribution is 2.34. The summed E-state index contributed by atoms with van der Waals surface area (Å²) in [6.07, 6.45) is -9.33. The van der Waals surface area contributed by atoms with Gasteiger partial charge in [0.15, 0.2) is 30.9 Å². The Morgan fingerprint density at radius 2 is 0.857 bits per heavy atom. The van der Waals surface area contributed by atoms with Gasteiger partial charge in [-0.25, -0.2) is 0 Å². The molecule has 14 nitrogen and oxygen atoms in total. The third kappa shape index (κ3) is 14.4. The second kappa shape index (κ2) is 24.5. The summed E-state index contributed by atoms with van der Waals surface area (Å²) in [6, 6.07) is 38.9. The maximum absolute atomic E-state index is 12.6. The molecule has 0 amide bonds. The van der Waals surface area contributed by atoms with E-state index in [1.54, 1.807) is 0 Å². The van der Waals surface area contributed by atoms with Gasteiger partial charge in [0.2, 0.25) is 0 Å². The van der Waals surface area contributed by atoms with E-state index in [9.17, 15) is 14.4 Å². The fourth-order valence-electron chi connectivity index (χ4n) is 7.36. The van der Waals surface area contributed by atoms with Crippen LogP contribution in [-0.4, -0.2) is 99.1 Å². The Kier molecular flexibility index (Phi) is 18.4. The van der Waals surface area contributed by atoms with E-state index >= 15 is 0 Å². The lowest BCUT2D eigenvalue weighted by Gasteiger charge is -2.47. The van der Waals surface area contributed by atoms with Crippen LogP contribution >= 0.6 is 0 Å². The van der Waals surface area contributed by atoms with Crippen LogP contribution in [0.1, 0.15) is 43.0 Å². The maximum atomic E-state index is 12.6. The molecule has 2 aliphatic rings. The van der Waals surface area contributed by atoms with Crippen molar-refractivity contribution in [3.8, 4) is 0 Å². The first-order chi connectivity index (χ1) is 30.7. The molecule has 2 saturated heterocycles. The third-order valence-corrected chi connectivity index (χ3v) is 10.1. The van der Waals surface area contributed by atoms with Crippen molar-refractivity contribution >= 4 is 17.9 Å². The minimum Gasteiger partial charge on any atom is -0.456 e. The molecule has 2 aliphatic heterocycles. The van der Waals surface area contributed by atoms with Crippen molar-refractivity contribution in [2.75, 3.05) is 19.8 Å². The average molecular weight is 869 g/mol. The lowest BCUT2D eigenvalue weighted by molar-refractivity contribution is -0.345. The van der Waals surface area contributed by atoms with E-state index in [0.29, 0.717) is 6.61 Å². The van der Waals surface area contributed by atoms with Gasteiger partial charge < -0.3 is 52.1 Å². The van der Waals surface area contributed by atoms with Crippen LogP contribution in [0.2, 0.25) is 0 Å². The normalized spacial score (nSPS) is 25.7. The molecule has 63 heavy (non-hydrogen) atoms. The number of esters is 3. The zero-order valence-electron chi connectivity index (χ0n) is 35.8. The summed E-state index contributed by atoms with van der Waals surface area (Å²) in [5, 5.41) is 0. The van der Waals surface area contributed by atoms with Gasteiger partial charge in [-0.15, -0.1) is 6.58 Å². The van der Waals surface area contributed by atoms with Crippen LogP contribution in [0.4, 0.5) is 0 Å². The quantitative estimate of drug-likeness (QED) is 0.0485. The van der Waals surface area contributed by atoms with E-state index in [1.807, 2.05) is 121 Å². The van der Waals surface area contributed by atoms with Gasteiger partial charge in [0, 0.05) is 20.8 Å². The Bertz CT molecular complexity index is 1980. The fraction of sp³-hybridized carbons (Fsp3) is 0.408. The minimum atomic E-state index is -1.35. The zero-order chi connectivity index (χ0) is 44.4. The van der Waals surface area contributed by atoms with E-state index in [-0.39, 0.29) is 39.6 Å². The Labute approximate surface area is 368 Å². The largest absolute Gasteiger partial charge is 0.456 e. The SMILES string of the molecule is C=CCO[C@@H]1O[C@H](COC2O[C@H](COCc3ccccc3)[C@H](OCc3ccccc3)[C@H](OCc3ccccc3)[C@H]2OCc2ccccc2)[C@H](OC(C)=O)[C@H](OC(C)=O)[C@H]1OC(C)=O. The second-order valence-electron chi connectivity index (χ2n) is 15.0. The van der Waals surface area contributed by atoms with Crippen LogP contribution < -0.4 is 0 Å². The highest BCUT2D eigenvalue weighted by molar-refractivity contribution is 5.68. The van der Waals surface area contributed by atoms with E-state index in [4.69, 9.17) is 52.1 Å². The number of carbonyl (C=O) groups excluding carboxylic acids is 3. The van der Waals surface area contributed by atoms with Crippen LogP contribution in [0.25, 0.3) is 0 Å². The number of ether oxygens (including phenoxy) is 11. The summed E-state index contributed by atoms with van der Waals surface area (Å²) >= 11 is 0. The lowest BCUT2D eigenvalue weighted by Crippen LogP contribution is -2.64. The molecule has 6 rings (SSSR count). The molecular weight excluding hydrogens is 813 g/mol. The number of hydrogen-bond acceptors (Lipinski definition) is 14. The Balaban J connectivity index is 1.36. The van der Waals surface area contributed by atoms with Crippen molar-refractivity contribution in [1.29, 1.82) is 0 Å². The first-order valence-electron chi connectivity index (χ1n) is 20.9. The molecule has 2 fully saturated rings. The van der Waals surface area contributed by atoms with E-state index < -0.39 is 79.3 Å². The Hall–Kier alpha value is -5.29. The maximum Gasteiger partial charge on any atom is 0.303 e. The summed E-state index contributed by atoms with van der Waals surface area (Å²) in [5.74, 6) is -2.13. The van der Waals surface area contributed by atoms with Gasteiger partial charge in [0.25, 0.3) is 0 Å². The molecule has 4 aromatic rings. The number of benzene rings is 4. The molecule has 14 heteroatoms. The molecule has 1 unspecified atom stereocenters. The smallest absolute Gasteiger partial charge is 0.303 e. The van der Waals surface area contributed by atoms with Crippen LogP contribution in [0, 0.1) is 0 Å². The number of hydrogen-bond donors (Lipinski definition) is 0. The van der Waals surface area contributed by atoms with Gasteiger partial charge >= 0.3 is 17.9 Å². The summed E-state index contributed by atoms with van der Waals surface area (Å²) < 4.78 is 69.4. The molecular formula is C49H56O14. The topological polar surface area (TPSA) is 153 Å². The second-order valence-corrected chi connectivity index (χ2v) is 15.0. The van der Waals surface area contributed by atoms with Crippen LogP contribution in [0.15, 0.2) is 134 Å². The average Bonchev–Trinajstić information content (AvgIpc) is 3.28. The van der Waals surface area contributed by atoms with Crippen molar-refractivity contribution in [1.82, 2.24) is 0 Å². The van der Waals surface area contributed by atoms with Crippen LogP contribution in [0.5, 0.6) is 0 Å². The molecule has 0 N–H and O–H groups in total. The molecule has 336 valence electrons. The highest BCUT2D eigenvalue weighted by atomic mass is 16.8. The molecule has 0 spiro atoms. The van der Waals surface area contributed by atoms with Crippen molar-refractivity contribution in [2.45, 2.75) is 109 Å².